The number of hydrogen-bond acceptors (Lipinski definition) is 5. The van der Waals surface area contributed by atoms with Crippen LogP contribution >= 0.6 is 11.6 Å². The number of benzene rings is 3. The van der Waals surface area contributed by atoms with Gasteiger partial charge in [0.05, 0.1) is 11.4 Å². The third-order valence-electron chi connectivity index (χ3n) is 6.07. The number of hydroxylamine groups is 2. The van der Waals surface area contributed by atoms with Crippen LogP contribution in [0.3, 0.4) is 0 Å². The molecular formula is C32H25ClN4O4. The zero-order valence-electron chi connectivity index (χ0n) is 21.6. The molecule has 0 bridgehead atoms. The van der Waals surface area contributed by atoms with Crippen molar-refractivity contribution in [3.8, 4) is 11.5 Å². The summed E-state index contributed by atoms with van der Waals surface area (Å²) in [5.74, 6) is 0.363. The average Bonchev–Trinajstić information content (AvgIpc) is 2.99. The lowest BCUT2D eigenvalue weighted by molar-refractivity contribution is -0.119. The number of carbonyl (C=O) groups is 2. The van der Waals surface area contributed by atoms with Gasteiger partial charge in [0.1, 0.15) is 17.5 Å². The van der Waals surface area contributed by atoms with Crippen molar-refractivity contribution in [3.63, 3.8) is 0 Å². The Morgan fingerprint density at radius 3 is 2.29 bits per heavy atom. The largest absolute Gasteiger partial charge is 0.457 e. The van der Waals surface area contributed by atoms with Crippen LogP contribution in [0.1, 0.15) is 11.6 Å². The number of nitrogens with zero attached hydrogens (tertiary/aromatic N) is 2. The van der Waals surface area contributed by atoms with E-state index < -0.39 is 18.0 Å². The Balaban J connectivity index is 1.43. The summed E-state index contributed by atoms with van der Waals surface area (Å²) in [6.45, 7) is 0. The Bertz CT molecular complexity index is 1600. The van der Waals surface area contributed by atoms with Crippen LogP contribution in [0, 0.1) is 0 Å². The van der Waals surface area contributed by atoms with Gasteiger partial charge in [0.15, 0.2) is 0 Å². The second-order valence-corrected chi connectivity index (χ2v) is 9.36. The van der Waals surface area contributed by atoms with E-state index in [-0.39, 0.29) is 0 Å². The molecule has 2 aliphatic rings. The van der Waals surface area contributed by atoms with Crippen molar-refractivity contribution in [3.05, 3.63) is 149 Å². The number of aliphatic imine (C=N–C) groups is 1. The van der Waals surface area contributed by atoms with Crippen molar-refractivity contribution in [2.75, 3.05) is 5.32 Å². The second-order valence-electron chi connectivity index (χ2n) is 8.92. The highest BCUT2D eigenvalue weighted by Crippen LogP contribution is 2.31. The fourth-order valence-electron chi connectivity index (χ4n) is 4.09. The van der Waals surface area contributed by atoms with Crippen molar-refractivity contribution >= 4 is 34.9 Å². The van der Waals surface area contributed by atoms with Gasteiger partial charge in [-0.25, -0.2) is 14.9 Å². The molecule has 3 aromatic rings. The first kappa shape index (κ1) is 27.4. The zero-order valence-corrected chi connectivity index (χ0v) is 22.4. The predicted molar refractivity (Wildman–Crippen MR) is 159 cm³/mol. The van der Waals surface area contributed by atoms with Crippen molar-refractivity contribution in [2.24, 2.45) is 4.99 Å². The van der Waals surface area contributed by atoms with Gasteiger partial charge in [-0.2, -0.15) is 0 Å². The van der Waals surface area contributed by atoms with Gasteiger partial charge in [0.25, 0.3) is 5.91 Å². The van der Waals surface area contributed by atoms with Crippen LogP contribution in [0.4, 0.5) is 10.5 Å². The van der Waals surface area contributed by atoms with Gasteiger partial charge in [-0.05, 0) is 66.8 Å². The summed E-state index contributed by atoms with van der Waals surface area (Å²) in [6.07, 6.45) is 13.6. The molecule has 9 heteroatoms. The molecule has 1 atom stereocenters. The molecule has 0 fully saturated rings. The smallest absolute Gasteiger partial charge is 0.320 e. The highest BCUT2D eigenvalue weighted by molar-refractivity contribution is 6.30. The summed E-state index contributed by atoms with van der Waals surface area (Å²) in [5, 5.41) is 17.1. The van der Waals surface area contributed by atoms with Gasteiger partial charge in [-0.3, -0.25) is 10.0 Å². The molecule has 0 saturated carbocycles. The Kier molecular flexibility index (Phi) is 8.54. The van der Waals surface area contributed by atoms with E-state index in [4.69, 9.17) is 16.3 Å². The van der Waals surface area contributed by atoms with Crippen LogP contribution in [0.25, 0.3) is 0 Å². The molecule has 0 radical (unpaired) electrons. The van der Waals surface area contributed by atoms with E-state index in [9.17, 15) is 14.8 Å². The predicted octanol–water partition coefficient (Wildman–Crippen LogP) is 7.12. The monoisotopic (exact) mass is 564 g/mol. The second kappa shape index (κ2) is 12.8. The lowest BCUT2D eigenvalue weighted by Gasteiger charge is -2.20. The number of hydrogen-bond donors (Lipinski definition) is 3. The normalized spacial score (nSPS) is 14.6. The quantitative estimate of drug-likeness (QED) is 0.296. The number of nitrogens with one attached hydrogen (secondary N) is 2. The average molecular weight is 565 g/mol. The molecule has 1 aliphatic heterocycles. The Morgan fingerprint density at radius 1 is 0.854 bits per heavy atom. The first-order chi connectivity index (χ1) is 20.0. The number of anilines is 1. The van der Waals surface area contributed by atoms with E-state index in [0.29, 0.717) is 39.2 Å². The molecule has 3 aromatic carbocycles. The Labute approximate surface area is 241 Å². The molecule has 1 aliphatic carbocycles. The van der Waals surface area contributed by atoms with E-state index in [1.165, 1.54) is 6.20 Å². The van der Waals surface area contributed by atoms with E-state index >= 15 is 0 Å². The molecule has 1 unspecified atom stereocenters. The maximum absolute atomic E-state index is 13.6. The number of allylic oxidation sites excluding steroid dienone is 8. The van der Waals surface area contributed by atoms with Crippen LogP contribution in [0.2, 0.25) is 5.02 Å². The van der Waals surface area contributed by atoms with E-state index in [1.807, 2.05) is 24.3 Å². The molecule has 0 spiro atoms. The van der Waals surface area contributed by atoms with Crippen LogP contribution in [0.15, 0.2) is 144 Å². The van der Waals surface area contributed by atoms with E-state index in [1.54, 1.807) is 97.1 Å². The zero-order chi connectivity index (χ0) is 28.6. The minimum Gasteiger partial charge on any atom is -0.457 e. The third-order valence-corrected chi connectivity index (χ3v) is 6.32. The lowest BCUT2D eigenvalue weighted by Crippen LogP contribution is -2.36. The fraction of sp³-hybridized carbons (Fsp3) is 0.0312. The van der Waals surface area contributed by atoms with Crippen LogP contribution in [-0.2, 0) is 4.79 Å². The third kappa shape index (κ3) is 7.07. The minimum atomic E-state index is -1.17. The summed E-state index contributed by atoms with van der Waals surface area (Å²) in [7, 11) is 0. The molecule has 204 valence electrons. The number of urea groups is 1. The molecular weight excluding hydrogens is 540 g/mol. The number of ether oxygens (including phenoxy) is 1. The van der Waals surface area contributed by atoms with Crippen molar-refractivity contribution in [1.29, 1.82) is 0 Å². The first-order valence-electron chi connectivity index (χ1n) is 12.7. The van der Waals surface area contributed by atoms with Crippen molar-refractivity contribution in [2.45, 2.75) is 6.04 Å². The summed E-state index contributed by atoms with van der Waals surface area (Å²) in [6, 6.07) is 20.9. The summed E-state index contributed by atoms with van der Waals surface area (Å²) >= 11 is 5.95. The number of rotatable bonds is 6. The Hall–Kier alpha value is -5.18. The summed E-state index contributed by atoms with van der Waals surface area (Å²) < 4.78 is 6.07. The lowest BCUT2D eigenvalue weighted by atomic mass is 10.0. The van der Waals surface area contributed by atoms with Gasteiger partial charge in [0, 0.05) is 28.0 Å². The summed E-state index contributed by atoms with van der Waals surface area (Å²) in [5.41, 5.74) is 2.62. The van der Waals surface area contributed by atoms with E-state index in [0.717, 1.165) is 10.6 Å². The Morgan fingerprint density at radius 2 is 1.56 bits per heavy atom. The summed E-state index contributed by atoms with van der Waals surface area (Å²) in [4.78, 5) is 30.9. The van der Waals surface area contributed by atoms with Crippen molar-refractivity contribution < 1.29 is 19.5 Å². The van der Waals surface area contributed by atoms with Crippen LogP contribution < -0.4 is 15.4 Å². The van der Waals surface area contributed by atoms with Crippen molar-refractivity contribution in [1.82, 2.24) is 10.4 Å². The number of amides is 3. The molecule has 0 saturated heterocycles. The van der Waals surface area contributed by atoms with Gasteiger partial charge >= 0.3 is 6.03 Å². The van der Waals surface area contributed by atoms with Crippen LogP contribution in [-0.4, -0.2) is 27.9 Å². The molecule has 3 N–H and O–H groups in total. The fourth-order valence-corrected chi connectivity index (χ4v) is 4.22. The maximum Gasteiger partial charge on any atom is 0.320 e. The molecule has 41 heavy (non-hydrogen) atoms. The molecule has 8 nitrogen and oxygen atoms in total. The number of halogens is 1. The van der Waals surface area contributed by atoms with Crippen LogP contribution in [0.5, 0.6) is 11.5 Å². The molecule has 1 heterocycles. The van der Waals surface area contributed by atoms with Gasteiger partial charge in [-0.15, -0.1) is 0 Å². The number of para-hydroxylation sites is 2. The SMILES string of the molecule is O=C(Nc1ccc(Cl)cc1)NC(C(=O)N=C1C=CC(=C2C=CC=CN2O)C=C1)c1ccccc1Oc1ccccc1. The topological polar surface area (TPSA) is 103 Å². The van der Waals surface area contributed by atoms with Gasteiger partial charge in [0.2, 0.25) is 0 Å². The van der Waals surface area contributed by atoms with Gasteiger partial charge < -0.3 is 15.4 Å². The molecule has 0 aromatic heterocycles. The molecule has 3 amide bonds. The molecule has 5 rings (SSSR count). The highest BCUT2D eigenvalue weighted by atomic mass is 35.5. The first-order valence-corrected chi connectivity index (χ1v) is 13.0. The van der Waals surface area contributed by atoms with Gasteiger partial charge in [-0.1, -0.05) is 66.2 Å². The minimum absolute atomic E-state index is 0.380. The standard InChI is InChI=1S/C32H25ClN4O4/c33-23-15-19-25(20-16-23)35-32(39)36-30(27-10-4-5-12-29(27)41-26-8-2-1-3-9-26)31(38)34-24-17-13-22(14-18-24)28-11-6-7-21-37(28)40/h1-21,30,40H,(H2,35,36,39). The maximum atomic E-state index is 13.6. The highest BCUT2D eigenvalue weighted by Gasteiger charge is 2.26. The number of carbonyl (C=O) groups excluding carboxylic acids is 2. The van der Waals surface area contributed by atoms with E-state index in [2.05, 4.69) is 15.6 Å².